The van der Waals surface area contributed by atoms with Gasteiger partial charge in [-0.15, -0.1) is 0 Å². The molecule has 0 spiro atoms. The van der Waals surface area contributed by atoms with Gasteiger partial charge in [0.25, 0.3) is 0 Å². The first-order valence-electron chi connectivity index (χ1n) is 4.82. The number of rotatable bonds is 2. The molecule has 0 unspecified atom stereocenters. The predicted octanol–water partition coefficient (Wildman–Crippen LogP) is 0.182. The lowest BCUT2D eigenvalue weighted by Gasteiger charge is -2.42. The summed E-state index contributed by atoms with van der Waals surface area (Å²) in [6.07, 6.45) is 1.66. The van der Waals surface area contributed by atoms with Crippen LogP contribution in [0, 0.1) is 5.92 Å². The van der Waals surface area contributed by atoms with Crippen molar-refractivity contribution in [2.75, 3.05) is 26.3 Å². The molecule has 1 aliphatic carbocycles. The Hall–Kier alpha value is -0.610. The first kappa shape index (κ1) is 8.97. The number of nitrogens with zero attached hydrogens (tertiary/aromatic N) is 1. The molecular weight excluding hydrogens is 170 g/mol. The third kappa shape index (κ3) is 1.84. The molecule has 2 aliphatic rings. The summed E-state index contributed by atoms with van der Waals surface area (Å²) >= 11 is 0. The van der Waals surface area contributed by atoms with Gasteiger partial charge in [0, 0.05) is 19.1 Å². The Morgan fingerprint density at radius 2 is 1.92 bits per heavy atom. The fraction of sp³-hybridized carbons (Fsp3) is 0.889. The van der Waals surface area contributed by atoms with Crippen LogP contribution >= 0.6 is 0 Å². The molecule has 13 heavy (non-hydrogen) atoms. The molecule has 1 N–H and O–H groups in total. The molecule has 1 aliphatic heterocycles. The van der Waals surface area contributed by atoms with Crippen LogP contribution in [0.25, 0.3) is 0 Å². The highest BCUT2D eigenvalue weighted by Gasteiger charge is 2.38. The maximum absolute atomic E-state index is 10.6. The quantitative estimate of drug-likeness (QED) is 0.667. The topological polar surface area (TPSA) is 49.8 Å². The molecule has 2 rings (SSSR count). The van der Waals surface area contributed by atoms with Gasteiger partial charge in [-0.3, -0.25) is 9.69 Å². The van der Waals surface area contributed by atoms with Crippen LogP contribution in [0.2, 0.25) is 0 Å². The highest BCUT2D eigenvalue weighted by molar-refractivity contribution is 5.71. The van der Waals surface area contributed by atoms with E-state index in [1.807, 2.05) is 0 Å². The van der Waals surface area contributed by atoms with Gasteiger partial charge < -0.3 is 9.84 Å². The third-order valence-electron chi connectivity index (χ3n) is 3.02. The van der Waals surface area contributed by atoms with Gasteiger partial charge >= 0.3 is 5.97 Å². The zero-order valence-electron chi connectivity index (χ0n) is 7.61. The van der Waals surface area contributed by atoms with Crippen molar-refractivity contribution in [3.05, 3.63) is 0 Å². The van der Waals surface area contributed by atoms with Crippen LogP contribution in [0.5, 0.6) is 0 Å². The van der Waals surface area contributed by atoms with E-state index in [0.717, 1.165) is 39.1 Å². The molecule has 0 aromatic heterocycles. The fourth-order valence-electron chi connectivity index (χ4n) is 2.03. The van der Waals surface area contributed by atoms with Gasteiger partial charge in [-0.25, -0.2) is 0 Å². The smallest absolute Gasteiger partial charge is 0.306 e. The van der Waals surface area contributed by atoms with Crippen molar-refractivity contribution in [1.29, 1.82) is 0 Å². The van der Waals surface area contributed by atoms with E-state index in [-0.39, 0.29) is 5.92 Å². The van der Waals surface area contributed by atoms with Crippen LogP contribution in [0.1, 0.15) is 12.8 Å². The average Bonchev–Trinajstić information content (AvgIpc) is 2.02. The summed E-state index contributed by atoms with van der Waals surface area (Å²) in [4.78, 5) is 12.9. The molecule has 4 nitrogen and oxygen atoms in total. The molecule has 2 fully saturated rings. The minimum absolute atomic E-state index is 0.0900. The monoisotopic (exact) mass is 185 g/mol. The SMILES string of the molecule is O=C(O)[C@H]1C[C@H](N2CCOCC2)C1. The molecule has 74 valence electrons. The summed E-state index contributed by atoms with van der Waals surface area (Å²) in [5, 5.41) is 8.71. The number of morpholine rings is 1. The number of carbonyl (C=O) groups is 1. The molecule has 1 saturated heterocycles. The highest BCUT2D eigenvalue weighted by atomic mass is 16.5. The van der Waals surface area contributed by atoms with Crippen molar-refractivity contribution in [2.45, 2.75) is 18.9 Å². The van der Waals surface area contributed by atoms with Gasteiger partial charge in [-0.1, -0.05) is 0 Å². The number of hydrogen-bond donors (Lipinski definition) is 1. The van der Waals surface area contributed by atoms with Crippen molar-refractivity contribution < 1.29 is 14.6 Å². The zero-order valence-corrected chi connectivity index (χ0v) is 7.61. The Morgan fingerprint density at radius 3 is 2.46 bits per heavy atom. The van der Waals surface area contributed by atoms with E-state index in [4.69, 9.17) is 9.84 Å². The van der Waals surface area contributed by atoms with E-state index in [2.05, 4.69) is 4.90 Å². The summed E-state index contributed by atoms with van der Waals surface area (Å²) in [6.45, 7) is 3.54. The van der Waals surface area contributed by atoms with E-state index in [1.54, 1.807) is 0 Å². The zero-order chi connectivity index (χ0) is 9.26. The first-order valence-corrected chi connectivity index (χ1v) is 4.82. The maximum atomic E-state index is 10.6. The van der Waals surface area contributed by atoms with Gasteiger partial charge in [-0.05, 0) is 12.8 Å². The largest absolute Gasteiger partial charge is 0.481 e. The van der Waals surface area contributed by atoms with Crippen molar-refractivity contribution in [2.24, 2.45) is 5.92 Å². The third-order valence-corrected chi connectivity index (χ3v) is 3.02. The second-order valence-corrected chi connectivity index (χ2v) is 3.81. The van der Waals surface area contributed by atoms with Crippen molar-refractivity contribution in [1.82, 2.24) is 4.90 Å². The van der Waals surface area contributed by atoms with E-state index < -0.39 is 5.97 Å². The molecule has 0 atom stereocenters. The summed E-state index contributed by atoms with van der Waals surface area (Å²) in [5.74, 6) is -0.725. The Morgan fingerprint density at radius 1 is 1.31 bits per heavy atom. The van der Waals surface area contributed by atoms with Crippen molar-refractivity contribution in [3.63, 3.8) is 0 Å². The Labute approximate surface area is 77.5 Å². The van der Waals surface area contributed by atoms with Gasteiger partial charge in [-0.2, -0.15) is 0 Å². The predicted molar refractivity (Wildman–Crippen MR) is 46.5 cm³/mol. The van der Waals surface area contributed by atoms with Gasteiger partial charge in [0.1, 0.15) is 0 Å². The standard InChI is InChI=1S/C9H15NO3/c11-9(12)7-5-8(6-7)10-1-3-13-4-2-10/h7-8H,1-6H2,(H,11,12)/t7-,8-. The Kier molecular flexibility index (Phi) is 2.51. The molecule has 0 amide bonds. The normalized spacial score (nSPS) is 35.4. The Balaban J connectivity index is 1.75. The first-order chi connectivity index (χ1) is 6.27. The van der Waals surface area contributed by atoms with E-state index in [0.29, 0.717) is 6.04 Å². The summed E-state index contributed by atoms with van der Waals surface area (Å²) in [6, 6.07) is 0.505. The van der Waals surface area contributed by atoms with E-state index in [1.165, 1.54) is 0 Å². The van der Waals surface area contributed by atoms with Gasteiger partial charge in [0.05, 0.1) is 19.1 Å². The number of aliphatic carboxylic acids is 1. The summed E-state index contributed by atoms with van der Waals surface area (Å²) < 4.78 is 5.23. The minimum atomic E-state index is -0.635. The van der Waals surface area contributed by atoms with Crippen LogP contribution in [0.4, 0.5) is 0 Å². The molecule has 0 bridgehead atoms. The van der Waals surface area contributed by atoms with Crippen LogP contribution < -0.4 is 0 Å². The molecule has 0 aromatic carbocycles. The van der Waals surface area contributed by atoms with Gasteiger partial charge in [0.15, 0.2) is 0 Å². The van der Waals surface area contributed by atoms with Gasteiger partial charge in [0.2, 0.25) is 0 Å². The lowest BCUT2D eigenvalue weighted by atomic mass is 9.79. The maximum Gasteiger partial charge on any atom is 0.306 e. The second-order valence-electron chi connectivity index (χ2n) is 3.81. The number of ether oxygens (including phenoxy) is 1. The van der Waals surface area contributed by atoms with Crippen LogP contribution in [0.3, 0.4) is 0 Å². The molecular formula is C9H15NO3. The number of carboxylic acid groups (broad SMARTS) is 1. The van der Waals surface area contributed by atoms with Crippen molar-refractivity contribution in [3.8, 4) is 0 Å². The molecule has 1 heterocycles. The van der Waals surface area contributed by atoms with Crippen LogP contribution in [-0.2, 0) is 9.53 Å². The number of hydrogen-bond acceptors (Lipinski definition) is 3. The van der Waals surface area contributed by atoms with Crippen LogP contribution in [-0.4, -0.2) is 48.3 Å². The number of carboxylic acids is 1. The Bertz CT molecular complexity index is 195. The molecule has 0 radical (unpaired) electrons. The van der Waals surface area contributed by atoms with Crippen LogP contribution in [0.15, 0.2) is 0 Å². The van der Waals surface area contributed by atoms with E-state index in [9.17, 15) is 4.79 Å². The average molecular weight is 185 g/mol. The molecule has 0 aromatic rings. The molecule has 1 saturated carbocycles. The molecule has 4 heteroatoms. The minimum Gasteiger partial charge on any atom is -0.481 e. The second kappa shape index (κ2) is 3.64. The van der Waals surface area contributed by atoms with Crippen molar-refractivity contribution >= 4 is 5.97 Å². The van der Waals surface area contributed by atoms with E-state index >= 15 is 0 Å². The lowest BCUT2D eigenvalue weighted by molar-refractivity contribution is -0.147. The fourth-order valence-corrected chi connectivity index (χ4v) is 2.03. The summed E-state index contributed by atoms with van der Waals surface area (Å²) in [5.41, 5.74) is 0. The highest BCUT2D eigenvalue weighted by Crippen LogP contribution is 2.32. The summed E-state index contributed by atoms with van der Waals surface area (Å²) in [7, 11) is 0. The lowest BCUT2D eigenvalue weighted by Crippen LogP contribution is -2.51.